The highest BCUT2D eigenvalue weighted by Gasteiger charge is 2.27. The largest absolute Gasteiger partial charge is 0.394 e. The van der Waals surface area contributed by atoms with Crippen molar-refractivity contribution >= 4 is 73.8 Å². The lowest BCUT2D eigenvalue weighted by molar-refractivity contribution is -0.136. The molecular weight excluding hydrogens is 1200 g/mol. The molecule has 450 valence electrons. The molecule has 0 atom stereocenters. The topological polar surface area (TPSA) is 193 Å². The van der Waals surface area contributed by atoms with Crippen LogP contribution in [-0.2, 0) is 33.9 Å². The van der Waals surface area contributed by atoms with Gasteiger partial charge in [0.05, 0.1) is 77.4 Å². The maximum Gasteiger partial charge on any atom is 0.244 e. The summed E-state index contributed by atoms with van der Waals surface area (Å²) in [6, 6.07) is 49.2. The van der Waals surface area contributed by atoms with Crippen LogP contribution in [0.4, 0.5) is 8.78 Å². The number of aliphatic hydroxyl groups is 1. The fraction of sp³-hybridized carbons (Fsp3) is 0.212. The van der Waals surface area contributed by atoms with Gasteiger partial charge in [0.2, 0.25) is 5.91 Å². The Morgan fingerprint density at radius 1 is 0.449 bits per heavy atom. The highest BCUT2D eigenvalue weighted by molar-refractivity contribution is 6.40. The normalized spacial score (nSPS) is 13.5. The minimum absolute atomic E-state index is 0.0291. The number of nitrogens with zero attached hydrogens (tertiary/aromatic N) is 14. The summed E-state index contributed by atoms with van der Waals surface area (Å²) in [4.78, 5) is 17.0. The molecule has 0 unspecified atom stereocenters. The van der Waals surface area contributed by atoms with Gasteiger partial charge in [-0.2, -0.15) is 15.3 Å². The SMILES string of the molecule is Cc1cccc(-c2nn(CC(=O)N3CCOCC3)c3nnc(-c4ccccc4)c(Cl)c23)c1.Fc1ccc(-c2nn(CCN3CCOCC3)c3nnc(-c4ccccc4)c(Cl)c23)cc1.OCCn1nc(-c2ccc(F)cc2)c2c(Cl)c(-c3ccccc3)nnc21. The highest BCUT2D eigenvalue weighted by Crippen LogP contribution is 2.41. The summed E-state index contributed by atoms with van der Waals surface area (Å²) in [5.74, 6) is -0.655. The van der Waals surface area contributed by atoms with E-state index < -0.39 is 0 Å². The lowest BCUT2D eigenvalue weighted by Crippen LogP contribution is -2.42. The minimum atomic E-state index is -0.330. The second-order valence-electron chi connectivity index (χ2n) is 21.0. The van der Waals surface area contributed by atoms with Crippen molar-refractivity contribution < 1.29 is 28.2 Å². The summed E-state index contributed by atoms with van der Waals surface area (Å²) in [5, 5.41) is 53.2. The van der Waals surface area contributed by atoms with Gasteiger partial charge in [0.1, 0.15) is 52.3 Å². The summed E-state index contributed by atoms with van der Waals surface area (Å²) in [7, 11) is 0. The minimum Gasteiger partial charge on any atom is -0.394 e. The van der Waals surface area contributed by atoms with Crippen LogP contribution in [0.2, 0.25) is 15.1 Å². The van der Waals surface area contributed by atoms with Crippen LogP contribution >= 0.6 is 34.8 Å². The third-order valence-electron chi connectivity index (χ3n) is 15.2. The number of halogens is 5. The number of ether oxygens (including phenoxy) is 2. The first kappa shape index (κ1) is 60.3. The smallest absolute Gasteiger partial charge is 0.244 e. The van der Waals surface area contributed by atoms with Gasteiger partial charge in [-0.1, -0.05) is 150 Å². The molecule has 6 aromatic heterocycles. The Bertz CT molecular complexity index is 4440. The number of fused-ring (bicyclic) bond motifs is 3. The summed E-state index contributed by atoms with van der Waals surface area (Å²) in [5.41, 5.74) is 11.4. The number of morpholine rings is 2. The van der Waals surface area contributed by atoms with E-state index in [0.717, 1.165) is 71.6 Å². The van der Waals surface area contributed by atoms with Gasteiger partial charge in [-0.05, 0) is 61.5 Å². The quantitative estimate of drug-likeness (QED) is 0.115. The molecule has 1 amide bonds. The first-order valence-corrected chi connectivity index (χ1v) is 29.9. The summed E-state index contributed by atoms with van der Waals surface area (Å²) in [6.45, 7) is 9.25. The maximum absolute atomic E-state index is 13.5. The Morgan fingerprint density at radius 3 is 1.27 bits per heavy atom. The Hall–Kier alpha value is -8.99. The number of amides is 1. The monoisotopic (exact) mass is 1250 g/mol. The van der Waals surface area contributed by atoms with E-state index >= 15 is 0 Å². The van der Waals surface area contributed by atoms with Gasteiger partial charge in [-0.3, -0.25) is 9.69 Å². The summed E-state index contributed by atoms with van der Waals surface area (Å²) in [6.07, 6.45) is 0. The van der Waals surface area contributed by atoms with Crippen LogP contribution in [0.25, 0.3) is 101 Å². The molecule has 14 rings (SSSR count). The zero-order valence-electron chi connectivity index (χ0n) is 48.1. The van der Waals surface area contributed by atoms with E-state index in [1.54, 1.807) is 38.5 Å². The molecule has 6 aromatic carbocycles. The fourth-order valence-electron chi connectivity index (χ4n) is 10.6. The van der Waals surface area contributed by atoms with Crippen LogP contribution in [0.3, 0.4) is 0 Å². The van der Waals surface area contributed by atoms with Crippen LogP contribution in [0.1, 0.15) is 5.56 Å². The molecule has 0 saturated carbocycles. The number of rotatable bonds is 13. The van der Waals surface area contributed by atoms with Crippen LogP contribution in [0, 0.1) is 18.6 Å². The molecule has 0 radical (unpaired) electrons. The van der Waals surface area contributed by atoms with E-state index in [0.29, 0.717) is 115 Å². The van der Waals surface area contributed by atoms with Crippen molar-refractivity contribution in [2.45, 2.75) is 26.6 Å². The first-order chi connectivity index (χ1) is 43.5. The number of hydrogen-bond acceptors (Lipinski definition) is 14. The number of carbonyl (C=O) groups excluding carboxylic acids is 1. The van der Waals surface area contributed by atoms with Crippen molar-refractivity contribution in [1.29, 1.82) is 0 Å². The zero-order chi connectivity index (χ0) is 61.4. The lowest BCUT2D eigenvalue weighted by atomic mass is 10.1. The lowest BCUT2D eigenvalue weighted by Gasteiger charge is -2.26. The molecule has 0 aliphatic carbocycles. The number of aliphatic hydroxyl groups excluding tert-OH is 1. The van der Waals surface area contributed by atoms with Crippen LogP contribution in [-0.4, -0.2) is 147 Å². The van der Waals surface area contributed by atoms with Crippen molar-refractivity contribution in [2.24, 2.45) is 0 Å². The van der Waals surface area contributed by atoms with Crippen molar-refractivity contribution in [1.82, 2.24) is 69.7 Å². The molecule has 8 heterocycles. The number of carbonyl (C=O) groups is 1. The van der Waals surface area contributed by atoms with Crippen molar-refractivity contribution in [2.75, 3.05) is 65.8 Å². The van der Waals surface area contributed by atoms with E-state index in [4.69, 9.17) is 54.5 Å². The van der Waals surface area contributed by atoms with E-state index in [1.807, 2.05) is 121 Å². The van der Waals surface area contributed by atoms with Crippen molar-refractivity contribution in [3.8, 4) is 67.5 Å². The Morgan fingerprint density at radius 2 is 0.831 bits per heavy atom. The predicted octanol–water partition coefficient (Wildman–Crippen LogP) is 12.2. The average Bonchev–Trinajstić information content (AvgIpc) is 1.80. The molecule has 0 bridgehead atoms. The van der Waals surface area contributed by atoms with Gasteiger partial charge in [0.15, 0.2) is 16.9 Å². The second kappa shape index (κ2) is 27.6. The molecule has 89 heavy (non-hydrogen) atoms. The second-order valence-corrected chi connectivity index (χ2v) is 22.1. The molecule has 2 aliphatic rings. The van der Waals surface area contributed by atoms with Gasteiger partial charge in [-0.15, -0.1) is 30.6 Å². The molecule has 2 aliphatic heterocycles. The highest BCUT2D eigenvalue weighted by atomic mass is 35.5. The van der Waals surface area contributed by atoms with Gasteiger partial charge in [0.25, 0.3) is 0 Å². The van der Waals surface area contributed by atoms with Crippen LogP contribution < -0.4 is 0 Å². The number of hydrogen-bond donors (Lipinski definition) is 1. The summed E-state index contributed by atoms with van der Waals surface area (Å²) < 4.78 is 42.6. The van der Waals surface area contributed by atoms with Gasteiger partial charge in [0, 0.05) is 66.1 Å². The molecule has 2 saturated heterocycles. The Labute approximate surface area is 524 Å². The third kappa shape index (κ3) is 13.3. The molecule has 1 N–H and O–H groups in total. The molecule has 2 fully saturated rings. The van der Waals surface area contributed by atoms with Gasteiger partial charge >= 0.3 is 0 Å². The maximum atomic E-state index is 13.5. The molecular formula is C66H57Cl3F2N14O4. The fourth-order valence-corrected chi connectivity index (χ4v) is 11.6. The molecule has 0 spiro atoms. The number of benzene rings is 6. The molecule has 12 aromatic rings. The van der Waals surface area contributed by atoms with Crippen molar-refractivity contribution in [3.05, 3.63) is 196 Å². The average molecular weight is 1250 g/mol. The molecule has 23 heteroatoms. The molecule has 18 nitrogen and oxygen atoms in total. The van der Waals surface area contributed by atoms with Gasteiger partial charge < -0.3 is 19.5 Å². The predicted molar refractivity (Wildman–Crippen MR) is 340 cm³/mol. The van der Waals surface area contributed by atoms with E-state index in [2.05, 4.69) is 46.7 Å². The zero-order valence-corrected chi connectivity index (χ0v) is 50.4. The number of aryl methyl sites for hydroxylation is 1. The van der Waals surface area contributed by atoms with Crippen molar-refractivity contribution in [3.63, 3.8) is 0 Å². The standard InChI is InChI=1S/C24H22ClN5O2.C23H21ClFN5O.C19H14ClFN4O/c1-16-6-5-9-18(14-16)22-20-21(25)23(17-7-3-2-4-8-17)26-27-24(20)30(28-22)15-19(31)29-10-12-32-13-11-29;24-20-19-21(17-6-8-18(25)9-7-17)28-30(11-10-29-12-14-31-15-13-29)23(19)27-26-22(20)16-4-2-1-3-5-16;20-16-15-17(13-6-8-14(21)9-7-13)24-25(10-11-26)19(15)23-22-18(16)12-4-2-1-3-5-12/h2-9,14H,10-13,15H2,1H3;1-9H,10-15H2;1-9,26H,10-11H2. The van der Waals surface area contributed by atoms with Crippen LogP contribution in [0.5, 0.6) is 0 Å². The van der Waals surface area contributed by atoms with Gasteiger partial charge in [-0.25, -0.2) is 22.8 Å². The van der Waals surface area contributed by atoms with E-state index in [9.17, 15) is 18.7 Å². The van der Waals surface area contributed by atoms with Crippen LogP contribution in [0.15, 0.2) is 164 Å². The Kier molecular flexibility index (Phi) is 18.7. The van der Waals surface area contributed by atoms with E-state index in [-0.39, 0.29) is 37.2 Å². The first-order valence-electron chi connectivity index (χ1n) is 28.8. The van der Waals surface area contributed by atoms with E-state index in [1.165, 1.54) is 24.3 Å². The number of aromatic nitrogens is 12. The summed E-state index contributed by atoms with van der Waals surface area (Å²) >= 11 is 20.5. The third-order valence-corrected chi connectivity index (χ3v) is 16.3. The Balaban J connectivity index is 0.000000130.